The van der Waals surface area contributed by atoms with Crippen LogP contribution in [0.15, 0.2) is 18.2 Å². The number of rotatable bonds is 7. The molecule has 2 rings (SSSR count). The number of ether oxygens (including phenoxy) is 2. The molecule has 1 aromatic carbocycles. The molecule has 0 aliphatic heterocycles. The van der Waals surface area contributed by atoms with Crippen molar-refractivity contribution in [2.24, 2.45) is 5.92 Å². The number of hydrogen-bond donors (Lipinski definition) is 1. The standard InChI is InChI=1S/C16H24O3/c1-16(17,9-8-12-4-5-12)11-13-6-7-14(18-2)15(10-13)19-3/h6-7,10,12,17H,4-5,8-9,11H2,1-3H3. The Morgan fingerprint density at radius 2 is 1.89 bits per heavy atom. The fourth-order valence-corrected chi connectivity index (χ4v) is 2.44. The Morgan fingerprint density at radius 3 is 2.47 bits per heavy atom. The quantitative estimate of drug-likeness (QED) is 0.822. The van der Waals surface area contributed by atoms with Crippen molar-refractivity contribution in [3.8, 4) is 11.5 Å². The van der Waals surface area contributed by atoms with Crippen LogP contribution >= 0.6 is 0 Å². The average molecular weight is 264 g/mol. The second-order valence-corrected chi connectivity index (χ2v) is 5.85. The molecule has 106 valence electrons. The highest BCUT2D eigenvalue weighted by Crippen LogP contribution is 2.36. The Kier molecular flexibility index (Phi) is 4.35. The third-order valence-corrected chi connectivity index (χ3v) is 3.82. The molecule has 1 unspecified atom stereocenters. The molecule has 0 heterocycles. The molecule has 0 amide bonds. The molecule has 3 nitrogen and oxygen atoms in total. The summed E-state index contributed by atoms with van der Waals surface area (Å²) in [6.07, 6.45) is 5.34. The summed E-state index contributed by atoms with van der Waals surface area (Å²) in [5, 5.41) is 10.5. The SMILES string of the molecule is COc1ccc(CC(C)(O)CCC2CC2)cc1OC. The van der Waals surface area contributed by atoms with Gasteiger partial charge in [0.05, 0.1) is 19.8 Å². The van der Waals surface area contributed by atoms with Gasteiger partial charge in [-0.05, 0) is 43.4 Å². The second kappa shape index (κ2) is 5.83. The van der Waals surface area contributed by atoms with Crippen LogP contribution in [0.1, 0.15) is 38.2 Å². The molecule has 1 aliphatic rings. The summed E-state index contributed by atoms with van der Waals surface area (Å²) in [4.78, 5) is 0. The van der Waals surface area contributed by atoms with Gasteiger partial charge in [0.1, 0.15) is 0 Å². The van der Waals surface area contributed by atoms with Crippen LogP contribution in [0, 0.1) is 5.92 Å². The molecular weight excluding hydrogens is 240 g/mol. The lowest BCUT2D eigenvalue weighted by atomic mass is 9.91. The summed E-state index contributed by atoms with van der Waals surface area (Å²) in [6, 6.07) is 5.84. The van der Waals surface area contributed by atoms with Crippen molar-refractivity contribution < 1.29 is 14.6 Å². The zero-order valence-corrected chi connectivity index (χ0v) is 12.1. The largest absolute Gasteiger partial charge is 0.493 e. The first-order chi connectivity index (χ1) is 9.04. The van der Waals surface area contributed by atoms with Crippen molar-refractivity contribution in [3.63, 3.8) is 0 Å². The second-order valence-electron chi connectivity index (χ2n) is 5.85. The van der Waals surface area contributed by atoms with E-state index in [9.17, 15) is 5.11 Å². The number of aliphatic hydroxyl groups is 1. The summed E-state index contributed by atoms with van der Waals surface area (Å²) >= 11 is 0. The monoisotopic (exact) mass is 264 g/mol. The van der Waals surface area contributed by atoms with E-state index in [0.717, 1.165) is 35.8 Å². The maximum absolute atomic E-state index is 10.5. The lowest BCUT2D eigenvalue weighted by Crippen LogP contribution is -2.27. The van der Waals surface area contributed by atoms with Crippen molar-refractivity contribution in [1.82, 2.24) is 0 Å². The molecule has 0 radical (unpaired) electrons. The van der Waals surface area contributed by atoms with Crippen molar-refractivity contribution >= 4 is 0 Å². The lowest BCUT2D eigenvalue weighted by Gasteiger charge is -2.23. The van der Waals surface area contributed by atoms with Crippen LogP contribution in [0.5, 0.6) is 11.5 Å². The third kappa shape index (κ3) is 4.13. The van der Waals surface area contributed by atoms with E-state index in [-0.39, 0.29) is 0 Å². The van der Waals surface area contributed by atoms with Gasteiger partial charge in [-0.15, -0.1) is 0 Å². The van der Waals surface area contributed by atoms with Crippen LogP contribution in [0.4, 0.5) is 0 Å². The molecular formula is C16H24O3. The van der Waals surface area contributed by atoms with Crippen molar-refractivity contribution in [3.05, 3.63) is 23.8 Å². The predicted octanol–water partition coefficient (Wildman–Crippen LogP) is 3.19. The Balaban J connectivity index is 2.00. The molecule has 1 fully saturated rings. The van der Waals surface area contributed by atoms with Crippen molar-refractivity contribution in [1.29, 1.82) is 0 Å². The summed E-state index contributed by atoms with van der Waals surface area (Å²) < 4.78 is 10.5. The predicted molar refractivity (Wildman–Crippen MR) is 75.8 cm³/mol. The van der Waals surface area contributed by atoms with E-state index in [4.69, 9.17) is 9.47 Å². The Hall–Kier alpha value is -1.22. The van der Waals surface area contributed by atoms with E-state index in [1.54, 1.807) is 14.2 Å². The molecule has 1 atom stereocenters. The van der Waals surface area contributed by atoms with Gasteiger partial charge in [0, 0.05) is 6.42 Å². The van der Waals surface area contributed by atoms with Crippen molar-refractivity contribution in [2.45, 2.75) is 44.6 Å². The highest BCUT2D eigenvalue weighted by molar-refractivity contribution is 5.43. The summed E-state index contributed by atoms with van der Waals surface area (Å²) in [5.41, 5.74) is 0.445. The number of methoxy groups -OCH3 is 2. The first-order valence-corrected chi connectivity index (χ1v) is 6.97. The molecule has 0 saturated heterocycles. The van der Waals surface area contributed by atoms with Gasteiger partial charge in [0.25, 0.3) is 0 Å². The molecule has 1 saturated carbocycles. The molecule has 0 aromatic heterocycles. The highest BCUT2D eigenvalue weighted by Gasteiger charge is 2.27. The van der Waals surface area contributed by atoms with E-state index in [0.29, 0.717) is 6.42 Å². The normalized spacial score (nSPS) is 17.9. The summed E-state index contributed by atoms with van der Waals surface area (Å²) in [6.45, 7) is 1.92. The van der Waals surface area contributed by atoms with Gasteiger partial charge in [-0.3, -0.25) is 0 Å². The summed E-state index contributed by atoms with van der Waals surface area (Å²) in [7, 11) is 3.26. The zero-order valence-electron chi connectivity index (χ0n) is 12.1. The molecule has 3 heteroatoms. The third-order valence-electron chi connectivity index (χ3n) is 3.82. The maximum Gasteiger partial charge on any atom is 0.160 e. The van der Waals surface area contributed by atoms with Gasteiger partial charge in [-0.25, -0.2) is 0 Å². The first-order valence-electron chi connectivity index (χ1n) is 6.97. The molecule has 1 aliphatic carbocycles. The van der Waals surface area contributed by atoms with Gasteiger partial charge < -0.3 is 14.6 Å². The molecule has 0 bridgehead atoms. The number of benzene rings is 1. The molecule has 1 aromatic rings. The minimum atomic E-state index is -0.637. The maximum atomic E-state index is 10.5. The van der Waals surface area contributed by atoms with Gasteiger partial charge in [-0.2, -0.15) is 0 Å². The van der Waals surface area contributed by atoms with Gasteiger partial charge in [0.2, 0.25) is 0 Å². The van der Waals surface area contributed by atoms with Crippen molar-refractivity contribution in [2.75, 3.05) is 14.2 Å². The van der Waals surface area contributed by atoms with E-state index < -0.39 is 5.60 Å². The number of hydrogen-bond acceptors (Lipinski definition) is 3. The van der Waals surface area contributed by atoms with E-state index in [1.807, 2.05) is 25.1 Å². The van der Waals surface area contributed by atoms with Crippen LogP contribution < -0.4 is 9.47 Å². The van der Waals surface area contributed by atoms with E-state index in [2.05, 4.69) is 0 Å². The van der Waals surface area contributed by atoms with Crippen LogP contribution in [0.2, 0.25) is 0 Å². The Bertz CT molecular complexity index is 422. The van der Waals surface area contributed by atoms with Crippen LogP contribution in [-0.4, -0.2) is 24.9 Å². The average Bonchev–Trinajstić information content (AvgIpc) is 3.20. The Morgan fingerprint density at radius 1 is 1.21 bits per heavy atom. The van der Waals surface area contributed by atoms with Crippen LogP contribution in [0.25, 0.3) is 0 Å². The summed E-state index contributed by atoms with van der Waals surface area (Å²) in [5.74, 6) is 2.30. The zero-order chi connectivity index (χ0) is 13.9. The minimum Gasteiger partial charge on any atom is -0.493 e. The van der Waals surface area contributed by atoms with Crippen LogP contribution in [-0.2, 0) is 6.42 Å². The lowest BCUT2D eigenvalue weighted by molar-refractivity contribution is 0.0476. The van der Waals surface area contributed by atoms with E-state index >= 15 is 0 Å². The Labute approximate surface area is 115 Å². The van der Waals surface area contributed by atoms with Gasteiger partial charge in [-0.1, -0.05) is 18.9 Å². The highest BCUT2D eigenvalue weighted by atomic mass is 16.5. The smallest absolute Gasteiger partial charge is 0.160 e. The first kappa shape index (κ1) is 14.2. The molecule has 0 spiro atoms. The molecule has 19 heavy (non-hydrogen) atoms. The fraction of sp³-hybridized carbons (Fsp3) is 0.625. The van der Waals surface area contributed by atoms with E-state index in [1.165, 1.54) is 12.8 Å². The molecule has 1 N–H and O–H groups in total. The fourth-order valence-electron chi connectivity index (χ4n) is 2.44. The van der Waals surface area contributed by atoms with Crippen LogP contribution in [0.3, 0.4) is 0 Å². The minimum absolute atomic E-state index is 0.637. The van der Waals surface area contributed by atoms with Gasteiger partial charge >= 0.3 is 0 Å². The topological polar surface area (TPSA) is 38.7 Å². The van der Waals surface area contributed by atoms with Gasteiger partial charge in [0.15, 0.2) is 11.5 Å².